The molecule has 3 amide bonds. The zero-order valence-electron chi connectivity index (χ0n) is 20.1. The fraction of sp³-hybridized carbons (Fsp3) is 0.222. The molecule has 2 aromatic heterocycles. The van der Waals surface area contributed by atoms with E-state index in [0.29, 0.717) is 35.4 Å². The second kappa shape index (κ2) is 11.5. The maximum atomic E-state index is 13.2. The Kier molecular flexibility index (Phi) is 7.72. The second-order valence-corrected chi connectivity index (χ2v) is 10.4. The molecule has 37 heavy (non-hydrogen) atoms. The van der Waals surface area contributed by atoms with Crippen LogP contribution in [-0.4, -0.2) is 53.0 Å². The number of hydrogen-bond acceptors (Lipinski definition) is 5. The number of carbonyl (C=O) groups is 2. The molecule has 0 aliphatic carbocycles. The average molecular weight is 535 g/mol. The first-order chi connectivity index (χ1) is 18.1. The number of halogens is 1. The van der Waals surface area contributed by atoms with E-state index in [4.69, 9.17) is 11.6 Å². The molecule has 0 radical (unpaired) electrons. The van der Waals surface area contributed by atoms with Gasteiger partial charge in [-0.1, -0.05) is 41.9 Å². The van der Waals surface area contributed by atoms with Crippen LogP contribution in [-0.2, 0) is 13.1 Å². The lowest BCUT2D eigenvalue weighted by molar-refractivity contribution is 0.0751. The molecule has 10 heteroatoms. The summed E-state index contributed by atoms with van der Waals surface area (Å²) in [6.07, 6.45) is 3.33. The molecule has 1 aliphatic rings. The molecule has 1 fully saturated rings. The summed E-state index contributed by atoms with van der Waals surface area (Å²) in [5.41, 5.74) is 3.72. The molecule has 1 aliphatic heterocycles. The summed E-state index contributed by atoms with van der Waals surface area (Å²) in [6, 6.07) is 21.1. The number of carbonyl (C=O) groups excluding carboxylic acids is 2. The molecule has 0 spiro atoms. The highest BCUT2D eigenvalue weighted by Crippen LogP contribution is 2.26. The Balaban J connectivity index is 1.23. The standard InChI is InChI=1S/C27H27ClN6O2S/c28-25-11-10-24(37-25)26(35)33-14-12-32(13-15-33)22-6-8-23(9-7-22)34(18-21-17-29-19-31-21)27(36)30-16-20-4-2-1-3-5-20/h1-11,17,19H,12-16,18H2,(H,29,31)(H,30,36). The van der Waals surface area contributed by atoms with E-state index in [1.807, 2.05) is 59.5 Å². The van der Waals surface area contributed by atoms with Crippen LogP contribution in [0.1, 0.15) is 20.9 Å². The van der Waals surface area contributed by atoms with Crippen molar-refractivity contribution in [1.82, 2.24) is 20.2 Å². The second-order valence-electron chi connectivity index (χ2n) is 8.71. The van der Waals surface area contributed by atoms with Gasteiger partial charge in [0.2, 0.25) is 0 Å². The van der Waals surface area contributed by atoms with Gasteiger partial charge in [-0.25, -0.2) is 9.78 Å². The van der Waals surface area contributed by atoms with Gasteiger partial charge in [0.15, 0.2) is 0 Å². The van der Waals surface area contributed by atoms with Gasteiger partial charge in [-0.05, 0) is 42.0 Å². The molecule has 2 aromatic carbocycles. The summed E-state index contributed by atoms with van der Waals surface area (Å²) in [5, 5.41) is 3.02. The fourth-order valence-corrected chi connectivity index (χ4v) is 5.30. The molecule has 4 aromatic rings. The van der Waals surface area contributed by atoms with Crippen LogP contribution in [0.4, 0.5) is 16.2 Å². The predicted octanol–water partition coefficient (Wildman–Crippen LogP) is 5.00. The van der Waals surface area contributed by atoms with Crippen LogP contribution in [0.2, 0.25) is 4.34 Å². The van der Waals surface area contributed by atoms with Crippen molar-refractivity contribution in [3.8, 4) is 0 Å². The van der Waals surface area contributed by atoms with Crippen molar-refractivity contribution in [1.29, 1.82) is 0 Å². The third-order valence-electron chi connectivity index (χ3n) is 6.29. The van der Waals surface area contributed by atoms with Crippen molar-refractivity contribution in [3.05, 3.63) is 99.7 Å². The number of nitrogens with one attached hydrogen (secondary N) is 2. The highest BCUT2D eigenvalue weighted by atomic mass is 35.5. The number of hydrogen-bond donors (Lipinski definition) is 2. The number of imidazole rings is 1. The van der Waals surface area contributed by atoms with Crippen LogP contribution in [0, 0.1) is 0 Å². The summed E-state index contributed by atoms with van der Waals surface area (Å²) < 4.78 is 0.623. The first-order valence-electron chi connectivity index (χ1n) is 12.0. The first kappa shape index (κ1) is 24.9. The Labute approximate surface area is 224 Å². The number of amides is 3. The lowest BCUT2D eigenvalue weighted by Gasteiger charge is -2.36. The van der Waals surface area contributed by atoms with Crippen molar-refractivity contribution in [2.45, 2.75) is 13.1 Å². The summed E-state index contributed by atoms with van der Waals surface area (Å²) in [5.74, 6) is 0.0304. The molecule has 0 saturated carbocycles. The summed E-state index contributed by atoms with van der Waals surface area (Å²) in [6.45, 7) is 3.57. The van der Waals surface area contributed by atoms with Crippen LogP contribution in [0.5, 0.6) is 0 Å². The minimum Gasteiger partial charge on any atom is -0.368 e. The molecule has 0 bridgehead atoms. The molecule has 8 nitrogen and oxygen atoms in total. The smallest absolute Gasteiger partial charge is 0.322 e. The Morgan fingerprint density at radius 3 is 2.41 bits per heavy atom. The van der Waals surface area contributed by atoms with Gasteiger partial charge in [-0.15, -0.1) is 11.3 Å². The van der Waals surface area contributed by atoms with E-state index in [1.54, 1.807) is 29.6 Å². The van der Waals surface area contributed by atoms with Crippen molar-refractivity contribution in [2.24, 2.45) is 0 Å². The highest BCUT2D eigenvalue weighted by Gasteiger charge is 2.24. The minimum absolute atomic E-state index is 0.0304. The first-order valence-corrected chi connectivity index (χ1v) is 13.2. The van der Waals surface area contributed by atoms with Gasteiger partial charge in [0.1, 0.15) is 0 Å². The van der Waals surface area contributed by atoms with Gasteiger partial charge in [0.05, 0.1) is 27.8 Å². The number of rotatable bonds is 7. The van der Waals surface area contributed by atoms with E-state index in [1.165, 1.54) is 11.3 Å². The minimum atomic E-state index is -0.188. The van der Waals surface area contributed by atoms with E-state index < -0.39 is 0 Å². The normalized spacial score (nSPS) is 13.4. The Morgan fingerprint density at radius 1 is 1.00 bits per heavy atom. The van der Waals surface area contributed by atoms with Crippen LogP contribution >= 0.6 is 22.9 Å². The van der Waals surface area contributed by atoms with Crippen LogP contribution in [0.15, 0.2) is 79.3 Å². The number of anilines is 2. The number of piperazine rings is 1. The molecule has 1 saturated heterocycles. The van der Waals surface area contributed by atoms with Gasteiger partial charge in [-0.2, -0.15) is 0 Å². The third-order valence-corrected chi connectivity index (χ3v) is 7.51. The molecule has 0 unspecified atom stereocenters. The maximum Gasteiger partial charge on any atom is 0.322 e. The predicted molar refractivity (Wildman–Crippen MR) is 147 cm³/mol. The van der Waals surface area contributed by atoms with Gasteiger partial charge in [0.25, 0.3) is 5.91 Å². The van der Waals surface area contributed by atoms with E-state index in [2.05, 4.69) is 20.2 Å². The SMILES string of the molecule is O=C(c1ccc(Cl)s1)N1CCN(c2ccc(N(Cc3cnc[nH]3)C(=O)NCc3ccccc3)cc2)CC1. The summed E-state index contributed by atoms with van der Waals surface area (Å²) in [7, 11) is 0. The van der Waals surface area contributed by atoms with Gasteiger partial charge in [0, 0.05) is 50.3 Å². The van der Waals surface area contributed by atoms with Crippen molar-refractivity contribution in [2.75, 3.05) is 36.0 Å². The lowest BCUT2D eigenvalue weighted by Crippen LogP contribution is -2.48. The molecule has 190 valence electrons. The highest BCUT2D eigenvalue weighted by molar-refractivity contribution is 7.17. The fourth-order valence-electron chi connectivity index (χ4n) is 4.29. The van der Waals surface area contributed by atoms with E-state index >= 15 is 0 Å². The van der Waals surface area contributed by atoms with Gasteiger partial charge in [-0.3, -0.25) is 9.69 Å². The molecular weight excluding hydrogens is 508 g/mol. The number of benzene rings is 2. The van der Waals surface area contributed by atoms with Crippen LogP contribution in [0.25, 0.3) is 0 Å². The van der Waals surface area contributed by atoms with Gasteiger partial charge >= 0.3 is 6.03 Å². The third kappa shape index (κ3) is 6.12. The molecule has 0 atom stereocenters. The molecule has 3 heterocycles. The molecule has 2 N–H and O–H groups in total. The Morgan fingerprint density at radius 2 is 1.76 bits per heavy atom. The van der Waals surface area contributed by atoms with Crippen LogP contribution in [0.3, 0.4) is 0 Å². The maximum absolute atomic E-state index is 13.2. The number of thiophene rings is 1. The number of urea groups is 1. The van der Waals surface area contributed by atoms with Crippen molar-refractivity contribution >= 4 is 46.3 Å². The van der Waals surface area contributed by atoms with E-state index in [9.17, 15) is 9.59 Å². The summed E-state index contributed by atoms with van der Waals surface area (Å²) in [4.78, 5) is 39.5. The number of H-pyrrole nitrogens is 1. The summed E-state index contributed by atoms with van der Waals surface area (Å²) >= 11 is 7.31. The lowest BCUT2D eigenvalue weighted by atomic mass is 10.2. The van der Waals surface area contributed by atoms with E-state index in [0.717, 1.165) is 35.7 Å². The largest absolute Gasteiger partial charge is 0.368 e. The Bertz CT molecular complexity index is 1320. The van der Waals surface area contributed by atoms with Crippen molar-refractivity contribution in [3.63, 3.8) is 0 Å². The Hall–Kier alpha value is -3.82. The topological polar surface area (TPSA) is 84.6 Å². The molecular formula is C27H27ClN6O2S. The zero-order valence-corrected chi connectivity index (χ0v) is 21.7. The quantitative estimate of drug-likeness (QED) is 0.349. The number of aromatic nitrogens is 2. The van der Waals surface area contributed by atoms with Crippen molar-refractivity contribution < 1.29 is 9.59 Å². The number of aromatic amines is 1. The monoisotopic (exact) mass is 534 g/mol. The molecule has 5 rings (SSSR count). The average Bonchev–Trinajstić information content (AvgIpc) is 3.63. The van der Waals surface area contributed by atoms with E-state index in [-0.39, 0.29) is 11.9 Å². The van der Waals surface area contributed by atoms with Crippen LogP contribution < -0.4 is 15.1 Å². The van der Waals surface area contributed by atoms with Gasteiger partial charge < -0.3 is 20.1 Å². The zero-order chi connectivity index (χ0) is 25.6. The number of nitrogens with zero attached hydrogens (tertiary/aromatic N) is 4.